The fourth-order valence-corrected chi connectivity index (χ4v) is 2.83. The third kappa shape index (κ3) is 5.78. The highest BCUT2D eigenvalue weighted by atomic mass is 16.7. The fraction of sp³-hybridized carbons (Fsp3) is 0.364. The summed E-state index contributed by atoms with van der Waals surface area (Å²) in [7, 11) is 0. The summed E-state index contributed by atoms with van der Waals surface area (Å²) >= 11 is 0. The summed E-state index contributed by atoms with van der Waals surface area (Å²) < 4.78 is 23.6. The predicted octanol–water partition coefficient (Wildman–Crippen LogP) is 4.11. The molecule has 1 fully saturated rings. The van der Waals surface area contributed by atoms with Gasteiger partial charge in [-0.15, -0.1) is 0 Å². The van der Waals surface area contributed by atoms with Crippen LogP contribution in [0, 0.1) is 0 Å². The van der Waals surface area contributed by atoms with Crippen molar-refractivity contribution in [3.63, 3.8) is 0 Å². The van der Waals surface area contributed by atoms with Crippen molar-refractivity contribution >= 4 is 0 Å². The molecule has 2 atom stereocenters. The zero-order chi connectivity index (χ0) is 18.0. The highest BCUT2D eigenvalue weighted by molar-refractivity contribution is 5.14. The van der Waals surface area contributed by atoms with Crippen LogP contribution in [0.25, 0.3) is 0 Å². The number of rotatable bonds is 9. The van der Waals surface area contributed by atoms with E-state index in [1.165, 1.54) is 0 Å². The first-order valence-electron chi connectivity index (χ1n) is 9.02. The maximum absolute atomic E-state index is 5.94. The van der Waals surface area contributed by atoms with Crippen LogP contribution < -0.4 is 0 Å². The predicted molar refractivity (Wildman–Crippen MR) is 101 cm³/mol. The van der Waals surface area contributed by atoms with Gasteiger partial charge in [0, 0.05) is 0 Å². The van der Waals surface area contributed by atoms with E-state index in [1.807, 2.05) is 55.5 Å². The summed E-state index contributed by atoms with van der Waals surface area (Å²) in [5.74, 6) is 0. The first-order valence-corrected chi connectivity index (χ1v) is 9.02. The Kier molecular flexibility index (Phi) is 7.40. The van der Waals surface area contributed by atoms with Gasteiger partial charge in [-0.25, -0.2) is 0 Å². The molecule has 4 nitrogen and oxygen atoms in total. The number of benzene rings is 2. The highest BCUT2D eigenvalue weighted by Crippen LogP contribution is 2.22. The summed E-state index contributed by atoms with van der Waals surface area (Å²) in [4.78, 5) is 0. The molecule has 2 aromatic carbocycles. The summed E-state index contributed by atoms with van der Waals surface area (Å²) in [5, 5.41) is 0. The molecule has 0 unspecified atom stereocenters. The van der Waals surface area contributed by atoms with E-state index >= 15 is 0 Å². The van der Waals surface area contributed by atoms with Gasteiger partial charge in [0.2, 0.25) is 0 Å². The van der Waals surface area contributed by atoms with Crippen molar-refractivity contribution in [3.8, 4) is 0 Å². The maximum atomic E-state index is 5.94. The Morgan fingerprint density at radius 2 is 1.23 bits per heavy atom. The second-order valence-corrected chi connectivity index (χ2v) is 6.24. The van der Waals surface area contributed by atoms with E-state index in [0.717, 1.165) is 11.1 Å². The molecule has 1 heterocycles. The van der Waals surface area contributed by atoms with Crippen LogP contribution in [-0.2, 0) is 32.2 Å². The Balaban J connectivity index is 1.48. The second kappa shape index (κ2) is 10.2. The van der Waals surface area contributed by atoms with Gasteiger partial charge in [0.05, 0.1) is 26.4 Å². The van der Waals surface area contributed by atoms with Crippen LogP contribution >= 0.6 is 0 Å². The van der Waals surface area contributed by atoms with E-state index in [2.05, 4.69) is 24.3 Å². The van der Waals surface area contributed by atoms with Crippen molar-refractivity contribution < 1.29 is 18.9 Å². The monoisotopic (exact) mass is 354 g/mol. The third-order valence-corrected chi connectivity index (χ3v) is 4.17. The minimum atomic E-state index is -0.337. The van der Waals surface area contributed by atoms with Crippen molar-refractivity contribution in [1.82, 2.24) is 0 Å². The molecule has 0 spiro atoms. The van der Waals surface area contributed by atoms with Gasteiger partial charge in [0.25, 0.3) is 0 Å². The summed E-state index contributed by atoms with van der Waals surface area (Å²) in [6.07, 6.45) is 3.21. The molecule has 0 N–H and O–H groups in total. The molecule has 0 saturated carbocycles. The zero-order valence-corrected chi connectivity index (χ0v) is 15.1. The van der Waals surface area contributed by atoms with E-state index in [0.29, 0.717) is 26.4 Å². The summed E-state index contributed by atoms with van der Waals surface area (Å²) in [6.45, 7) is 4.02. The molecule has 0 aromatic heterocycles. The van der Waals surface area contributed by atoms with Gasteiger partial charge in [-0.05, 0) is 24.1 Å². The molecule has 0 bridgehead atoms. The molecule has 0 aliphatic carbocycles. The van der Waals surface area contributed by atoms with Crippen molar-refractivity contribution in [2.24, 2.45) is 0 Å². The van der Waals surface area contributed by atoms with E-state index < -0.39 is 0 Å². The van der Waals surface area contributed by atoms with Crippen LogP contribution in [0.1, 0.15) is 18.1 Å². The molecule has 1 aliphatic heterocycles. The maximum Gasteiger partial charge on any atom is 0.177 e. The van der Waals surface area contributed by atoms with E-state index in [1.54, 1.807) is 0 Å². The van der Waals surface area contributed by atoms with Gasteiger partial charge in [0.1, 0.15) is 12.2 Å². The molecule has 26 heavy (non-hydrogen) atoms. The first kappa shape index (κ1) is 18.8. The van der Waals surface area contributed by atoms with Crippen molar-refractivity contribution in [2.75, 3.05) is 13.2 Å². The molecule has 1 saturated heterocycles. The second-order valence-electron chi connectivity index (χ2n) is 6.24. The number of hydrogen-bond acceptors (Lipinski definition) is 4. The van der Waals surface area contributed by atoms with Crippen LogP contribution in [0.3, 0.4) is 0 Å². The standard InChI is InChI=1S/C22H26O4/c1-2-9-22-25-20(16-23-14-18-10-5-3-6-11-18)21(26-22)17-24-15-19-12-7-4-8-13-19/h2-13,20-22H,14-17H2,1H3/b9-2+/t20-,21-/m0/s1. The number of ether oxygens (including phenoxy) is 4. The van der Waals surface area contributed by atoms with Gasteiger partial charge < -0.3 is 18.9 Å². The quantitative estimate of drug-likeness (QED) is 0.635. The lowest BCUT2D eigenvalue weighted by molar-refractivity contribution is -0.0482. The molecule has 138 valence electrons. The topological polar surface area (TPSA) is 36.9 Å². The first-order chi connectivity index (χ1) is 12.8. The smallest absolute Gasteiger partial charge is 0.177 e. The average molecular weight is 354 g/mol. The molecule has 1 aliphatic rings. The number of hydrogen-bond donors (Lipinski definition) is 0. The van der Waals surface area contributed by atoms with Crippen molar-refractivity contribution in [2.45, 2.75) is 38.6 Å². The molecule has 3 rings (SSSR count). The van der Waals surface area contributed by atoms with Crippen LogP contribution in [0.2, 0.25) is 0 Å². The minimum absolute atomic E-state index is 0.143. The van der Waals surface area contributed by atoms with Crippen molar-refractivity contribution in [3.05, 3.63) is 83.9 Å². The molecule has 2 aromatic rings. The lowest BCUT2D eigenvalue weighted by Crippen LogP contribution is -2.31. The lowest BCUT2D eigenvalue weighted by Gasteiger charge is -2.17. The Bertz CT molecular complexity index is 603. The Morgan fingerprint density at radius 3 is 1.65 bits per heavy atom. The van der Waals surface area contributed by atoms with Gasteiger partial charge in [-0.2, -0.15) is 0 Å². The van der Waals surface area contributed by atoms with E-state index in [9.17, 15) is 0 Å². The zero-order valence-electron chi connectivity index (χ0n) is 15.1. The van der Waals surface area contributed by atoms with Gasteiger partial charge in [-0.1, -0.05) is 66.7 Å². The van der Waals surface area contributed by atoms with E-state index in [4.69, 9.17) is 18.9 Å². The van der Waals surface area contributed by atoms with Gasteiger partial charge in [-0.3, -0.25) is 0 Å². The summed E-state index contributed by atoms with van der Waals surface area (Å²) in [6, 6.07) is 20.2. The summed E-state index contributed by atoms with van der Waals surface area (Å²) in [5.41, 5.74) is 2.29. The van der Waals surface area contributed by atoms with Crippen LogP contribution in [0.15, 0.2) is 72.8 Å². The van der Waals surface area contributed by atoms with Gasteiger partial charge >= 0.3 is 0 Å². The third-order valence-electron chi connectivity index (χ3n) is 4.17. The molecule has 4 heteroatoms. The SMILES string of the molecule is C/C=C/C1O[C@@H](COCc2ccccc2)[C@H](COCc2ccccc2)O1. The molecular weight excluding hydrogens is 328 g/mol. The number of allylic oxidation sites excluding steroid dienone is 1. The normalized spacial score (nSPS) is 20.8. The largest absolute Gasteiger partial charge is 0.374 e. The van der Waals surface area contributed by atoms with Crippen LogP contribution in [-0.4, -0.2) is 31.7 Å². The molecule has 0 radical (unpaired) electrons. The van der Waals surface area contributed by atoms with Crippen molar-refractivity contribution in [1.29, 1.82) is 0 Å². The highest BCUT2D eigenvalue weighted by Gasteiger charge is 2.35. The van der Waals surface area contributed by atoms with Crippen LogP contribution in [0.5, 0.6) is 0 Å². The Labute approximate surface area is 155 Å². The van der Waals surface area contributed by atoms with Crippen LogP contribution in [0.4, 0.5) is 0 Å². The lowest BCUT2D eigenvalue weighted by atomic mass is 10.2. The minimum Gasteiger partial charge on any atom is -0.374 e. The molecule has 0 amide bonds. The Morgan fingerprint density at radius 1 is 0.769 bits per heavy atom. The average Bonchev–Trinajstić information content (AvgIpc) is 3.05. The van der Waals surface area contributed by atoms with Gasteiger partial charge in [0.15, 0.2) is 6.29 Å². The Hall–Kier alpha value is -1.98. The molecular formula is C22H26O4. The van der Waals surface area contributed by atoms with E-state index in [-0.39, 0.29) is 18.5 Å². The fourth-order valence-electron chi connectivity index (χ4n) is 2.83.